The summed E-state index contributed by atoms with van der Waals surface area (Å²) in [5.41, 5.74) is 2.16. The van der Waals surface area contributed by atoms with Crippen LogP contribution in [-0.4, -0.2) is 20.4 Å². The van der Waals surface area contributed by atoms with E-state index in [-0.39, 0.29) is 5.91 Å². The maximum absolute atomic E-state index is 14.5. The number of thiazole rings is 1. The highest BCUT2D eigenvalue weighted by Gasteiger charge is 2.26. The van der Waals surface area contributed by atoms with Crippen molar-refractivity contribution in [3.8, 4) is 0 Å². The lowest BCUT2D eigenvalue weighted by atomic mass is 10.1. The summed E-state index contributed by atoms with van der Waals surface area (Å²) in [6.07, 6.45) is 4.06. The molecule has 0 aliphatic rings. The molecule has 0 saturated carbocycles. The van der Waals surface area contributed by atoms with Gasteiger partial charge in [0.1, 0.15) is 22.6 Å². The SMILES string of the molecule is Cc1nc(Cc2ccccc2)sc1C(=O)NC(c1ccccc1F)c1nccn1C. The molecular weight excluding hydrogens is 399 g/mol. The second-order valence-corrected chi connectivity index (χ2v) is 8.09. The first-order valence-electron chi connectivity index (χ1n) is 9.55. The Morgan fingerprint density at radius 2 is 1.90 bits per heavy atom. The van der Waals surface area contributed by atoms with Crippen LogP contribution in [0.1, 0.15) is 43.4 Å². The Labute approximate surface area is 178 Å². The van der Waals surface area contributed by atoms with Gasteiger partial charge in [0, 0.05) is 31.4 Å². The Morgan fingerprint density at radius 3 is 2.60 bits per heavy atom. The van der Waals surface area contributed by atoms with Gasteiger partial charge in [0.05, 0.1) is 10.7 Å². The third-order valence-corrected chi connectivity index (χ3v) is 6.01. The molecule has 0 aliphatic heterocycles. The molecule has 1 atom stereocenters. The predicted molar refractivity (Wildman–Crippen MR) is 115 cm³/mol. The second kappa shape index (κ2) is 8.59. The third-order valence-electron chi connectivity index (χ3n) is 4.85. The molecule has 1 amide bonds. The topological polar surface area (TPSA) is 59.8 Å². The Hall–Kier alpha value is -3.32. The van der Waals surface area contributed by atoms with Gasteiger partial charge in [0.2, 0.25) is 0 Å². The molecule has 5 nitrogen and oxygen atoms in total. The van der Waals surface area contributed by atoms with Crippen LogP contribution in [0, 0.1) is 12.7 Å². The Kier molecular flexibility index (Phi) is 5.72. The van der Waals surface area contributed by atoms with Gasteiger partial charge in [-0.25, -0.2) is 14.4 Å². The highest BCUT2D eigenvalue weighted by molar-refractivity contribution is 7.13. The van der Waals surface area contributed by atoms with Crippen molar-refractivity contribution in [2.45, 2.75) is 19.4 Å². The lowest BCUT2D eigenvalue weighted by Gasteiger charge is -2.19. The van der Waals surface area contributed by atoms with Gasteiger partial charge in [-0.3, -0.25) is 4.79 Å². The normalized spacial score (nSPS) is 12.0. The number of rotatable bonds is 6. The molecule has 0 saturated heterocycles. The van der Waals surface area contributed by atoms with Crippen molar-refractivity contribution < 1.29 is 9.18 Å². The monoisotopic (exact) mass is 420 g/mol. The molecule has 0 aliphatic carbocycles. The molecule has 2 aromatic carbocycles. The van der Waals surface area contributed by atoms with Gasteiger partial charge in [-0.2, -0.15) is 0 Å². The van der Waals surface area contributed by atoms with Crippen LogP contribution in [0.5, 0.6) is 0 Å². The first kappa shape index (κ1) is 20.0. The van der Waals surface area contributed by atoms with E-state index in [0.29, 0.717) is 28.4 Å². The molecule has 2 aromatic heterocycles. The molecule has 1 N–H and O–H groups in total. The first-order valence-corrected chi connectivity index (χ1v) is 10.4. The van der Waals surface area contributed by atoms with Crippen molar-refractivity contribution in [1.29, 1.82) is 0 Å². The number of benzene rings is 2. The fourth-order valence-electron chi connectivity index (χ4n) is 3.35. The van der Waals surface area contributed by atoms with E-state index in [9.17, 15) is 9.18 Å². The molecule has 1 unspecified atom stereocenters. The summed E-state index contributed by atoms with van der Waals surface area (Å²) in [5.74, 6) is -0.128. The molecule has 4 aromatic rings. The van der Waals surface area contributed by atoms with E-state index in [1.54, 1.807) is 35.2 Å². The fraction of sp³-hybridized carbons (Fsp3) is 0.174. The minimum absolute atomic E-state index is 0.291. The van der Waals surface area contributed by atoms with Crippen molar-refractivity contribution in [3.05, 3.63) is 105 Å². The van der Waals surface area contributed by atoms with E-state index < -0.39 is 11.9 Å². The van der Waals surface area contributed by atoms with Crippen LogP contribution in [0.3, 0.4) is 0 Å². The number of halogens is 1. The Morgan fingerprint density at radius 1 is 1.17 bits per heavy atom. The largest absolute Gasteiger partial charge is 0.337 e. The standard InChI is InChI=1S/C23H21FN4OS/c1-15-21(30-19(26-15)14-16-8-4-3-5-9-16)23(29)27-20(22-25-12-13-28(22)2)17-10-6-7-11-18(17)24/h3-13,20H,14H2,1-2H3,(H,27,29). The zero-order chi connectivity index (χ0) is 21.1. The average Bonchev–Trinajstić information content (AvgIpc) is 3.32. The van der Waals surface area contributed by atoms with E-state index in [1.165, 1.54) is 17.4 Å². The number of carbonyl (C=O) groups is 1. The molecule has 7 heteroatoms. The zero-order valence-electron chi connectivity index (χ0n) is 16.7. The Balaban J connectivity index is 1.62. The van der Waals surface area contributed by atoms with Crippen LogP contribution < -0.4 is 5.32 Å². The minimum atomic E-state index is -0.710. The van der Waals surface area contributed by atoms with Crippen LogP contribution in [0.15, 0.2) is 67.0 Å². The van der Waals surface area contributed by atoms with Crippen LogP contribution in [-0.2, 0) is 13.5 Å². The highest BCUT2D eigenvalue weighted by Crippen LogP contribution is 2.26. The molecule has 0 spiro atoms. The summed E-state index contributed by atoms with van der Waals surface area (Å²) in [6.45, 7) is 1.82. The number of nitrogens with one attached hydrogen (secondary N) is 1. The molecular formula is C23H21FN4OS. The lowest BCUT2D eigenvalue weighted by Crippen LogP contribution is -2.31. The molecule has 0 fully saturated rings. The number of aromatic nitrogens is 3. The maximum Gasteiger partial charge on any atom is 0.264 e. The number of imidazole rings is 1. The highest BCUT2D eigenvalue weighted by atomic mass is 32.1. The van der Waals surface area contributed by atoms with Crippen LogP contribution in [0.25, 0.3) is 0 Å². The van der Waals surface area contributed by atoms with Crippen molar-refractivity contribution in [1.82, 2.24) is 19.9 Å². The predicted octanol–water partition coefficient (Wildman–Crippen LogP) is 4.43. The minimum Gasteiger partial charge on any atom is -0.337 e. The number of hydrogen-bond donors (Lipinski definition) is 1. The first-order chi connectivity index (χ1) is 14.5. The van der Waals surface area contributed by atoms with Gasteiger partial charge in [-0.15, -0.1) is 11.3 Å². The summed E-state index contributed by atoms with van der Waals surface area (Å²) in [5, 5.41) is 3.82. The van der Waals surface area contributed by atoms with Crippen LogP contribution in [0.4, 0.5) is 4.39 Å². The molecule has 0 radical (unpaired) electrons. The van der Waals surface area contributed by atoms with E-state index in [4.69, 9.17) is 0 Å². The number of amides is 1. The fourth-order valence-corrected chi connectivity index (χ4v) is 4.35. The summed E-state index contributed by atoms with van der Waals surface area (Å²) in [7, 11) is 1.82. The van der Waals surface area contributed by atoms with Crippen LogP contribution in [0.2, 0.25) is 0 Å². The summed E-state index contributed by atoms with van der Waals surface area (Å²) < 4.78 is 16.3. The quantitative estimate of drug-likeness (QED) is 0.502. The van der Waals surface area contributed by atoms with Gasteiger partial charge in [0.15, 0.2) is 0 Å². The van der Waals surface area contributed by atoms with Gasteiger partial charge in [-0.05, 0) is 18.6 Å². The third kappa shape index (κ3) is 4.16. The average molecular weight is 421 g/mol. The Bertz CT molecular complexity index is 1170. The van der Waals surface area contributed by atoms with Gasteiger partial charge in [0.25, 0.3) is 5.91 Å². The number of nitrogens with zero attached hydrogens (tertiary/aromatic N) is 3. The number of aryl methyl sites for hydroxylation is 2. The number of carbonyl (C=O) groups excluding carboxylic acids is 1. The van der Waals surface area contributed by atoms with E-state index >= 15 is 0 Å². The zero-order valence-corrected chi connectivity index (χ0v) is 17.5. The van der Waals surface area contributed by atoms with Gasteiger partial charge in [-0.1, -0.05) is 48.5 Å². The van der Waals surface area contributed by atoms with E-state index in [0.717, 1.165) is 10.6 Å². The molecule has 0 bridgehead atoms. The molecule has 152 valence electrons. The molecule has 2 heterocycles. The van der Waals surface area contributed by atoms with E-state index in [2.05, 4.69) is 15.3 Å². The lowest BCUT2D eigenvalue weighted by molar-refractivity contribution is 0.0944. The van der Waals surface area contributed by atoms with Crippen molar-refractivity contribution in [2.75, 3.05) is 0 Å². The van der Waals surface area contributed by atoms with Crippen molar-refractivity contribution in [2.24, 2.45) is 7.05 Å². The van der Waals surface area contributed by atoms with Crippen LogP contribution >= 0.6 is 11.3 Å². The van der Waals surface area contributed by atoms with Gasteiger partial charge < -0.3 is 9.88 Å². The second-order valence-electron chi connectivity index (χ2n) is 7.01. The smallest absolute Gasteiger partial charge is 0.264 e. The van der Waals surface area contributed by atoms with Crippen molar-refractivity contribution >= 4 is 17.2 Å². The summed E-state index contributed by atoms with van der Waals surface area (Å²) in [6, 6.07) is 15.7. The van der Waals surface area contributed by atoms with Crippen molar-refractivity contribution in [3.63, 3.8) is 0 Å². The van der Waals surface area contributed by atoms with E-state index in [1.807, 2.05) is 44.3 Å². The molecule has 4 rings (SSSR count). The summed E-state index contributed by atoms with van der Waals surface area (Å²) in [4.78, 5) is 22.6. The molecule has 30 heavy (non-hydrogen) atoms. The number of hydrogen-bond acceptors (Lipinski definition) is 4. The van der Waals surface area contributed by atoms with Gasteiger partial charge >= 0.3 is 0 Å². The summed E-state index contributed by atoms with van der Waals surface area (Å²) >= 11 is 1.36. The maximum atomic E-state index is 14.5.